The summed E-state index contributed by atoms with van der Waals surface area (Å²) in [6.45, 7) is 2.92. The second-order valence-corrected chi connectivity index (χ2v) is 3.96. The number of nitrogen functional groups attached to an aromatic ring is 1. The maximum absolute atomic E-state index is 5.61. The van der Waals surface area contributed by atoms with Crippen molar-refractivity contribution in [2.75, 3.05) is 5.73 Å². The van der Waals surface area contributed by atoms with E-state index in [1.54, 1.807) is 0 Å². The molecule has 0 aliphatic carbocycles. The summed E-state index contributed by atoms with van der Waals surface area (Å²) in [5.41, 5.74) is 7.46. The summed E-state index contributed by atoms with van der Waals surface area (Å²) in [6, 6.07) is 7.64. The van der Waals surface area contributed by atoms with E-state index in [1.165, 1.54) is 0 Å². The molecule has 1 heterocycles. The van der Waals surface area contributed by atoms with Gasteiger partial charge in [0.15, 0.2) is 5.82 Å². The largest absolute Gasteiger partial charge is 0.399 e. The molecule has 1 aromatic carbocycles. The lowest BCUT2D eigenvalue weighted by atomic mass is 10.2. The van der Waals surface area contributed by atoms with E-state index >= 15 is 0 Å². The fourth-order valence-electron chi connectivity index (χ4n) is 1.45. The monoisotopic (exact) mass is 232 g/mol. The molecule has 0 radical (unpaired) electrons. The Labute approximate surface area is 100 Å². The van der Waals surface area contributed by atoms with Crippen LogP contribution in [0.25, 0.3) is 0 Å². The quantitative estimate of drug-likeness (QED) is 0.810. The molecule has 0 unspecified atom stereocenters. The highest BCUT2D eigenvalue weighted by Crippen LogP contribution is 2.08. The lowest BCUT2D eigenvalue weighted by Gasteiger charge is -2.04. The highest BCUT2D eigenvalue weighted by Gasteiger charge is 2.04. The molecule has 0 fully saturated rings. The molecule has 0 saturated carbocycles. The van der Waals surface area contributed by atoms with E-state index in [0.717, 1.165) is 22.9 Å². The predicted octanol–water partition coefficient (Wildman–Crippen LogP) is 1.42. The van der Waals surface area contributed by atoms with Crippen molar-refractivity contribution < 1.29 is 4.74 Å². The Kier molecular flexibility index (Phi) is 3.39. The average Bonchev–Trinajstić information content (AvgIpc) is 2.64. The maximum atomic E-state index is 5.61. The van der Waals surface area contributed by atoms with Crippen molar-refractivity contribution in [3.63, 3.8) is 0 Å². The number of rotatable bonds is 4. The van der Waals surface area contributed by atoms with Crippen LogP contribution in [0, 0.1) is 6.92 Å². The third kappa shape index (κ3) is 2.82. The fourth-order valence-corrected chi connectivity index (χ4v) is 1.45. The normalized spacial score (nSPS) is 10.7. The topological polar surface area (TPSA) is 66.0 Å². The average molecular weight is 232 g/mol. The first-order valence-electron chi connectivity index (χ1n) is 5.44. The van der Waals surface area contributed by atoms with Gasteiger partial charge in [0.25, 0.3) is 0 Å². The Balaban J connectivity index is 1.87. The zero-order chi connectivity index (χ0) is 12.3. The number of hydrogen-bond donors (Lipinski definition) is 1. The number of nitrogens with two attached hydrogens (primary N) is 1. The van der Waals surface area contributed by atoms with Crippen LogP contribution in [0.5, 0.6) is 0 Å². The second-order valence-electron chi connectivity index (χ2n) is 3.96. The molecule has 0 spiro atoms. The van der Waals surface area contributed by atoms with Crippen molar-refractivity contribution in [1.82, 2.24) is 14.8 Å². The molecule has 2 aromatic rings. The van der Waals surface area contributed by atoms with Crippen LogP contribution in [0.3, 0.4) is 0 Å². The molecule has 17 heavy (non-hydrogen) atoms. The van der Waals surface area contributed by atoms with E-state index < -0.39 is 0 Å². The molecule has 90 valence electrons. The lowest BCUT2D eigenvalue weighted by molar-refractivity contribution is 0.0996. The third-order valence-corrected chi connectivity index (χ3v) is 2.66. The molecule has 5 nitrogen and oxygen atoms in total. The first kappa shape index (κ1) is 11.6. The molecule has 5 heteroatoms. The van der Waals surface area contributed by atoms with Crippen LogP contribution < -0.4 is 5.73 Å². The van der Waals surface area contributed by atoms with E-state index in [4.69, 9.17) is 10.5 Å². The van der Waals surface area contributed by atoms with E-state index in [-0.39, 0.29) is 0 Å². The van der Waals surface area contributed by atoms with E-state index in [9.17, 15) is 0 Å². The number of ether oxygens (including phenoxy) is 1. The van der Waals surface area contributed by atoms with E-state index in [2.05, 4.69) is 10.2 Å². The molecule has 0 amide bonds. The Morgan fingerprint density at radius 3 is 2.47 bits per heavy atom. The SMILES string of the molecule is Cc1nnc(COCc2ccc(N)cc2)n1C. The van der Waals surface area contributed by atoms with Gasteiger partial charge < -0.3 is 15.0 Å². The van der Waals surface area contributed by atoms with Crippen molar-refractivity contribution >= 4 is 5.69 Å². The summed E-state index contributed by atoms with van der Waals surface area (Å²) in [5, 5.41) is 8.00. The molecule has 0 atom stereocenters. The summed E-state index contributed by atoms with van der Waals surface area (Å²) < 4.78 is 7.50. The number of aryl methyl sites for hydroxylation is 1. The zero-order valence-corrected chi connectivity index (χ0v) is 10.1. The molecule has 0 bridgehead atoms. The van der Waals surface area contributed by atoms with Gasteiger partial charge in [-0.25, -0.2) is 0 Å². The number of aromatic nitrogens is 3. The highest BCUT2D eigenvalue weighted by molar-refractivity contribution is 5.39. The Hall–Kier alpha value is -1.88. The Morgan fingerprint density at radius 1 is 1.18 bits per heavy atom. The van der Waals surface area contributed by atoms with Crippen LogP contribution in [0.15, 0.2) is 24.3 Å². The Morgan fingerprint density at radius 2 is 1.88 bits per heavy atom. The summed E-state index contributed by atoms with van der Waals surface area (Å²) >= 11 is 0. The first-order chi connectivity index (χ1) is 8.16. The first-order valence-corrected chi connectivity index (χ1v) is 5.44. The summed E-state index contributed by atoms with van der Waals surface area (Å²) in [4.78, 5) is 0. The fraction of sp³-hybridized carbons (Fsp3) is 0.333. The second kappa shape index (κ2) is 4.97. The Bertz CT molecular complexity index is 490. The van der Waals surface area contributed by atoms with Gasteiger partial charge in [-0.3, -0.25) is 0 Å². The highest BCUT2D eigenvalue weighted by atomic mass is 16.5. The van der Waals surface area contributed by atoms with E-state index in [0.29, 0.717) is 13.2 Å². The molecule has 0 aliphatic rings. The van der Waals surface area contributed by atoms with Gasteiger partial charge in [-0.2, -0.15) is 0 Å². The standard InChI is InChI=1S/C12H16N4O/c1-9-14-15-12(16(9)2)8-17-7-10-3-5-11(13)6-4-10/h3-6H,7-8,13H2,1-2H3. The van der Waals surface area contributed by atoms with Gasteiger partial charge in [0.2, 0.25) is 0 Å². The van der Waals surface area contributed by atoms with Crippen LogP contribution in [0.1, 0.15) is 17.2 Å². The van der Waals surface area contributed by atoms with Gasteiger partial charge in [-0.1, -0.05) is 12.1 Å². The van der Waals surface area contributed by atoms with Gasteiger partial charge in [0.1, 0.15) is 12.4 Å². The van der Waals surface area contributed by atoms with Crippen LogP contribution in [0.4, 0.5) is 5.69 Å². The maximum Gasteiger partial charge on any atom is 0.158 e. The van der Waals surface area contributed by atoms with Crippen LogP contribution in [-0.2, 0) is 25.0 Å². The molecule has 0 aliphatic heterocycles. The summed E-state index contributed by atoms with van der Waals surface area (Å²) in [6.07, 6.45) is 0. The molecule has 0 saturated heterocycles. The van der Waals surface area contributed by atoms with Gasteiger partial charge in [-0.15, -0.1) is 10.2 Å². The van der Waals surface area contributed by atoms with Crippen molar-refractivity contribution in [1.29, 1.82) is 0 Å². The number of hydrogen-bond acceptors (Lipinski definition) is 4. The van der Waals surface area contributed by atoms with Crippen molar-refractivity contribution in [2.24, 2.45) is 7.05 Å². The molecular formula is C12H16N4O. The van der Waals surface area contributed by atoms with Gasteiger partial charge in [-0.05, 0) is 24.6 Å². The minimum absolute atomic E-state index is 0.460. The smallest absolute Gasteiger partial charge is 0.158 e. The van der Waals surface area contributed by atoms with Crippen molar-refractivity contribution in [3.05, 3.63) is 41.5 Å². The summed E-state index contributed by atoms with van der Waals surface area (Å²) in [5.74, 6) is 1.72. The summed E-state index contributed by atoms with van der Waals surface area (Å²) in [7, 11) is 1.93. The number of nitrogens with zero attached hydrogens (tertiary/aromatic N) is 3. The van der Waals surface area contributed by atoms with Crippen LogP contribution >= 0.6 is 0 Å². The zero-order valence-electron chi connectivity index (χ0n) is 10.1. The van der Waals surface area contributed by atoms with Gasteiger partial charge >= 0.3 is 0 Å². The third-order valence-electron chi connectivity index (χ3n) is 2.66. The molecule has 1 aromatic heterocycles. The molecule has 2 N–H and O–H groups in total. The lowest BCUT2D eigenvalue weighted by Crippen LogP contribution is -2.02. The molecular weight excluding hydrogens is 216 g/mol. The van der Waals surface area contributed by atoms with E-state index in [1.807, 2.05) is 42.8 Å². The van der Waals surface area contributed by atoms with Crippen LogP contribution in [0.2, 0.25) is 0 Å². The minimum Gasteiger partial charge on any atom is -0.399 e. The van der Waals surface area contributed by atoms with Crippen molar-refractivity contribution in [2.45, 2.75) is 20.1 Å². The van der Waals surface area contributed by atoms with Crippen molar-refractivity contribution in [3.8, 4) is 0 Å². The number of anilines is 1. The van der Waals surface area contributed by atoms with Gasteiger partial charge in [0.05, 0.1) is 6.61 Å². The number of benzene rings is 1. The predicted molar refractivity (Wildman–Crippen MR) is 65.1 cm³/mol. The minimum atomic E-state index is 0.460. The van der Waals surface area contributed by atoms with Gasteiger partial charge in [0, 0.05) is 12.7 Å². The van der Waals surface area contributed by atoms with Crippen LogP contribution in [-0.4, -0.2) is 14.8 Å². The molecule has 2 rings (SSSR count).